The highest BCUT2D eigenvalue weighted by Gasteiger charge is 2.27. The average molecular weight is 390 g/mol. The summed E-state index contributed by atoms with van der Waals surface area (Å²) in [6, 6.07) is 5.37. The van der Waals surface area contributed by atoms with Crippen molar-refractivity contribution in [2.75, 3.05) is 19.4 Å². The third kappa shape index (κ3) is 4.65. The van der Waals surface area contributed by atoms with Crippen molar-refractivity contribution in [1.82, 2.24) is 5.32 Å². The fraction of sp³-hybridized carbons (Fsp3) is 0.316. The van der Waals surface area contributed by atoms with E-state index in [2.05, 4.69) is 5.32 Å². The largest absolute Gasteiger partial charge is 0.462 e. The molecule has 0 aliphatic rings. The minimum Gasteiger partial charge on any atom is -0.462 e. The van der Waals surface area contributed by atoms with Crippen molar-refractivity contribution in [2.24, 2.45) is 0 Å². The van der Waals surface area contributed by atoms with E-state index in [1.165, 1.54) is 7.05 Å². The van der Waals surface area contributed by atoms with Crippen molar-refractivity contribution in [3.8, 4) is 0 Å². The van der Waals surface area contributed by atoms with Crippen LogP contribution in [0.2, 0.25) is 0 Å². The maximum absolute atomic E-state index is 12.4. The van der Waals surface area contributed by atoms with Gasteiger partial charge < -0.3 is 20.5 Å². The molecule has 0 aliphatic carbocycles. The Morgan fingerprint density at radius 2 is 1.70 bits per heavy atom. The summed E-state index contributed by atoms with van der Waals surface area (Å²) < 4.78 is 10.4. The molecule has 1 aromatic heterocycles. The van der Waals surface area contributed by atoms with Crippen LogP contribution < -0.4 is 11.1 Å². The number of nitrogen functional groups attached to an aromatic ring is 1. The predicted molar refractivity (Wildman–Crippen MR) is 103 cm³/mol. The molecule has 0 atom stereocenters. The molecule has 3 N–H and O–H groups in total. The number of ether oxygens (including phenoxy) is 2. The van der Waals surface area contributed by atoms with Gasteiger partial charge in [0.05, 0.1) is 12.2 Å². The fourth-order valence-corrected chi connectivity index (χ4v) is 3.67. The van der Waals surface area contributed by atoms with E-state index < -0.39 is 17.8 Å². The van der Waals surface area contributed by atoms with Gasteiger partial charge >= 0.3 is 11.9 Å². The lowest BCUT2D eigenvalue weighted by Crippen LogP contribution is -2.20. The summed E-state index contributed by atoms with van der Waals surface area (Å²) >= 11 is 0.954. The van der Waals surface area contributed by atoms with Crippen LogP contribution in [0, 0.1) is 13.8 Å². The predicted octanol–water partition coefficient (Wildman–Crippen LogP) is 2.84. The molecule has 8 heteroatoms. The highest BCUT2D eigenvalue weighted by atomic mass is 32.1. The second kappa shape index (κ2) is 8.68. The lowest BCUT2D eigenvalue weighted by molar-refractivity contribution is 0.0449. The van der Waals surface area contributed by atoms with Gasteiger partial charge in [0.2, 0.25) is 0 Å². The Hall–Kier alpha value is -2.87. The second-order valence-corrected chi connectivity index (χ2v) is 6.95. The average Bonchev–Trinajstić information content (AvgIpc) is 2.94. The number of carbonyl (C=O) groups excluding carboxylic acids is 3. The first-order chi connectivity index (χ1) is 12.8. The van der Waals surface area contributed by atoms with Crippen LogP contribution in [0.5, 0.6) is 0 Å². The molecule has 2 rings (SSSR count). The summed E-state index contributed by atoms with van der Waals surface area (Å²) in [5.74, 6) is -1.62. The Kier molecular flexibility index (Phi) is 6.57. The van der Waals surface area contributed by atoms with E-state index >= 15 is 0 Å². The highest BCUT2D eigenvalue weighted by Crippen LogP contribution is 2.32. The minimum atomic E-state index is -0.654. The molecule has 0 saturated carbocycles. The number of nitrogens with two attached hydrogens (primary N) is 1. The number of carbonyl (C=O) groups is 3. The molecular weight excluding hydrogens is 368 g/mol. The van der Waals surface area contributed by atoms with E-state index in [9.17, 15) is 14.4 Å². The zero-order valence-corrected chi connectivity index (χ0v) is 16.5. The van der Waals surface area contributed by atoms with Gasteiger partial charge in [-0.2, -0.15) is 0 Å². The molecule has 0 unspecified atom stereocenters. The number of anilines is 1. The van der Waals surface area contributed by atoms with E-state index in [0.29, 0.717) is 5.56 Å². The van der Waals surface area contributed by atoms with Crippen LogP contribution in [-0.4, -0.2) is 31.5 Å². The standard InChI is InChI=1S/C19H22N2O5S/c1-5-25-19(24)14-13(15(17(22)21-4)27-16(14)20)9-26-18(23)12-7-10(2)6-11(3)8-12/h6-8H,5,9,20H2,1-4H3,(H,21,22). The Labute approximate surface area is 161 Å². The lowest BCUT2D eigenvalue weighted by Gasteiger charge is -2.09. The number of benzene rings is 1. The summed E-state index contributed by atoms with van der Waals surface area (Å²) in [4.78, 5) is 37.0. The van der Waals surface area contributed by atoms with Gasteiger partial charge in [0.25, 0.3) is 5.91 Å². The third-order valence-corrected chi connectivity index (χ3v) is 4.81. The number of nitrogens with one attached hydrogen (secondary N) is 1. The van der Waals surface area contributed by atoms with Gasteiger partial charge in [-0.15, -0.1) is 11.3 Å². The van der Waals surface area contributed by atoms with Gasteiger partial charge in [0.1, 0.15) is 22.0 Å². The topological polar surface area (TPSA) is 108 Å². The van der Waals surface area contributed by atoms with Crippen LogP contribution in [0.3, 0.4) is 0 Å². The van der Waals surface area contributed by atoms with Crippen molar-refractivity contribution in [3.63, 3.8) is 0 Å². The van der Waals surface area contributed by atoms with Gasteiger partial charge in [0, 0.05) is 12.6 Å². The smallest absolute Gasteiger partial charge is 0.341 e. The molecule has 1 amide bonds. The van der Waals surface area contributed by atoms with Crippen molar-refractivity contribution in [3.05, 3.63) is 50.9 Å². The molecule has 0 aliphatic heterocycles. The molecule has 1 aromatic carbocycles. The van der Waals surface area contributed by atoms with Crippen molar-refractivity contribution >= 4 is 34.2 Å². The number of esters is 2. The number of rotatable bonds is 6. The van der Waals surface area contributed by atoms with E-state index in [1.54, 1.807) is 19.1 Å². The van der Waals surface area contributed by atoms with Crippen LogP contribution in [0.15, 0.2) is 18.2 Å². The molecule has 0 bridgehead atoms. The van der Waals surface area contributed by atoms with E-state index in [4.69, 9.17) is 15.2 Å². The third-order valence-electron chi connectivity index (χ3n) is 3.75. The number of amides is 1. The van der Waals surface area contributed by atoms with Crippen molar-refractivity contribution in [2.45, 2.75) is 27.4 Å². The fourth-order valence-electron chi connectivity index (χ4n) is 2.66. The highest BCUT2D eigenvalue weighted by molar-refractivity contribution is 7.18. The first-order valence-electron chi connectivity index (χ1n) is 8.34. The van der Waals surface area contributed by atoms with Crippen LogP contribution >= 0.6 is 11.3 Å². The van der Waals surface area contributed by atoms with Crippen LogP contribution in [-0.2, 0) is 16.1 Å². The van der Waals surface area contributed by atoms with Gasteiger partial charge in [-0.3, -0.25) is 4.79 Å². The molecule has 0 saturated heterocycles. The maximum Gasteiger partial charge on any atom is 0.341 e. The van der Waals surface area contributed by atoms with Gasteiger partial charge in [0.15, 0.2) is 0 Å². The summed E-state index contributed by atoms with van der Waals surface area (Å²) in [7, 11) is 1.47. The number of hydrogen-bond donors (Lipinski definition) is 2. The molecule has 7 nitrogen and oxygen atoms in total. The van der Waals surface area contributed by atoms with Crippen LogP contribution in [0.25, 0.3) is 0 Å². The van der Waals surface area contributed by atoms with Gasteiger partial charge in [-0.05, 0) is 32.9 Å². The molecule has 144 valence electrons. The summed E-state index contributed by atoms with van der Waals surface area (Å²) in [5, 5.41) is 2.63. The number of thiophene rings is 1. The molecular formula is C19H22N2O5S. The number of aryl methyl sites for hydroxylation is 2. The lowest BCUT2D eigenvalue weighted by atomic mass is 10.1. The summed E-state index contributed by atoms with van der Waals surface area (Å²) in [5.41, 5.74) is 8.49. The second-order valence-electron chi connectivity index (χ2n) is 5.90. The van der Waals surface area contributed by atoms with Gasteiger partial charge in [-0.25, -0.2) is 9.59 Å². The zero-order chi connectivity index (χ0) is 20.1. The van der Waals surface area contributed by atoms with E-state index in [0.717, 1.165) is 22.5 Å². The van der Waals surface area contributed by atoms with Gasteiger partial charge in [-0.1, -0.05) is 17.2 Å². The normalized spacial score (nSPS) is 10.4. The Morgan fingerprint density at radius 3 is 2.26 bits per heavy atom. The van der Waals surface area contributed by atoms with E-state index in [-0.39, 0.29) is 34.2 Å². The molecule has 0 radical (unpaired) electrons. The first kappa shape index (κ1) is 20.4. The Balaban J connectivity index is 2.34. The molecule has 27 heavy (non-hydrogen) atoms. The molecule has 2 aromatic rings. The van der Waals surface area contributed by atoms with Crippen molar-refractivity contribution in [1.29, 1.82) is 0 Å². The zero-order valence-electron chi connectivity index (χ0n) is 15.7. The van der Waals surface area contributed by atoms with Crippen LogP contribution in [0.4, 0.5) is 5.00 Å². The first-order valence-corrected chi connectivity index (χ1v) is 9.15. The van der Waals surface area contributed by atoms with E-state index in [1.807, 2.05) is 19.9 Å². The quantitative estimate of drug-likeness (QED) is 0.735. The number of hydrogen-bond acceptors (Lipinski definition) is 7. The maximum atomic E-state index is 12.4. The van der Waals surface area contributed by atoms with Crippen LogP contribution in [0.1, 0.15) is 54.0 Å². The summed E-state index contributed by atoms with van der Waals surface area (Å²) in [6.45, 7) is 5.32. The Bertz CT molecular complexity index is 868. The molecule has 0 fully saturated rings. The summed E-state index contributed by atoms with van der Waals surface area (Å²) in [6.07, 6.45) is 0. The minimum absolute atomic E-state index is 0.0636. The SMILES string of the molecule is CCOC(=O)c1c(N)sc(C(=O)NC)c1COC(=O)c1cc(C)cc(C)c1. The van der Waals surface area contributed by atoms with Crippen molar-refractivity contribution < 1.29 is 23.9 Å². The monoisotopic (exact) mass is 390 g/mol. The molecule has 0 spiro atoms. The molecule has 1 heterocycles. The Morgan fingerprint density at radius 1 is 1.07 bits per heavy atom.